The number of benzene rings is 1. The molecule has 0 aromatic heterocycles. The summed E-state index contributed by atoms with van der Waals surface area (Å²) in [6, 6.07) is 10.8. The zero-order valence-corrected chi connectivity index (χ0v) is 13.4. The molecular weight excluding hydrogens is 278 g/mol. The van der Waals surface area contributed by atoms with E-state index >= 15 is 0 Å². The van der Waals surface area contributed by atoms with E-state index in [1.165, 1.54) is 51.7 Å². The molecule has 0 amide bonds. The van der Waals surface area contributed by atoms with Gasteiger partial charge in [-0.1, -0.05) is 24.6 Å². The molecule has 3 nitrogen and oxygen atoms in total. The lowest BCUT2D eigenvalue weighted by Crippen LogP contribution is -2.46. The average Bonchev–Trinajstić information content (AvgIpc) is 2.97. The molecule has 3 rings (SSSR count). The van der Waals surface area contributed by atoms with E-state index in [0.29, 0.717) is 6.04 Å². The summed E-state index contributed by atoms with van der Waals surface area (Å²) in [5.41, 5.74) is 1.09. The number of likely N-dealkylation sites (tertiary alicyclic amines) is 2. The quantitative estimate of drug-likeness (QED) is 0.863. The van der Waals surface area contributed by atoms with E-state index in [2.05, 4.69) is 27.2 Å². The number of para-hydroxylation sites is 1. The highest BCUT2D eigenvalue weighted by Gasteiger charge is 2.28. The largest absolute Gasteiger partial charge is 0.345 e. The Hall–Kier alpha value is -1.13. The minimum Gasteiger partial charge on any atom is -0.345 e. The van der Waals surface area contributed by atoms with Crippen LogP contribution in [-0.2, 0) is 0 Å². The van der Waals surface area contributed by atoms with Crippen molar-refractivity contribution in [2.75, 3.05) is 31.5 Å². The van der Waals surface area contributed by atoms with Gasteiger partial charge in [0.2, 0.25) is 0 Å². The number of nitrogens with one attached hydrogen (secondary N) is 1. The molecule has 2 heterocycles. The highest BCUT2D eigenvalue weighted by atomic mass is 32.1. The topological polar surface area (TPSA) is 18.5 Å². The first kappa shape index (κ1) is 14.8. The smallest absolute Gasteiger partial charge is 0.173 e. The fourth-order valence-electron chi connectivity index (χ4n) is 3.45. The summed E-state index contributed by atoms with van der Waals surface area (Å²) in [4.78, 5) is 5.02. The first-order valence-corrected chi connectivity index (χ1v) is 8.59. The Morgan fingerprint density at radius 2 is 1.81 bits per heavy atom. The van der Waals surface area contributed by atoms with Crippen molar-refractivity contribution in [2.45, 2.75) is 38.1 Å². The van der Waals surface area contributed by atoms with Gasteiger partial charge in [0.1, 0.15) is 0 Å². The van der Waals surface area contributed by atoms with Crippen molar-refractivity contribution in [1.29, 1.82) is 0 Å². The van der Waals surface area contributed by atoms with Crippen molar-refractivity contribution in [2.24, 2.45) is 0 Å². The standard InChI is InChI=1S/C17H25N3S/c21-17(18-15-8-3-1-4-9-15)20-13-7-10-16(20)14-19-11-5-2-6-12-19/h1,3-4,8-9,16H,2,5-7,10-14H2,(H,18,21)/t16-/m0/s1. The van der Waals surface area contributed by atoms with Gasteiger partial charge in [0.15, 0.2) is 5.11 Å². The summed E-state index contributed by atoms with van der Waals surface area (Å²) in [5, 5.41) is 4.28. The lowest BCUT2D eigenvalue weighted by molar-refractivity contribution is 0.186. The van der Waals surface area contributed by atoms with Crippen LogP contribution in [0.5, 0.6) is 0 Å². The summed E-state index contributed by atoms with van der Waals surface area (Å²) in [7, 11) is 0. The fourth-order valence-corrected chi connectivity index (χ4v) is 3.81. The second-order valence-corrected chi connectivity index (χ2v) is 6.53. The Balaban J connectivity index is 1.56. The van der Waals surface area contributed by atoms with Crippen LogP contribution >= 0.6 is 12.2 Å². The monoisotopic (exact) mass is 303 g/mol. The maximum atomic E-state index is 5.64. The molecule has 1 aromatic rings. The van der Waals surface area contributed by atoms with Crippen molar-refractivity contribution in [3.05, 3.63) is 30.3 Å². The van der Waals surface area contributed by atoms with Crippen molar-refractivity contribution >= 4 is 23.0 Å². The van der Waals surface area contributed by atoms with Crippen molar-refractivity contribution < 1.29 is 0 Å². The minimum atomic E-state index is 0.590. The highest BCUT2D eigenvalue weighted by Crippen LogP contribution is 2.21. The zero-order chi connectivity index (χ0) is 14.5. The fraction of sp³-hybridized carbons (Fsp3) is 0.588. The van der Waals surface area contributed by atoms with E-state index in [1.807, 2.05) is 18.2 Å². The Morgan fingerprint density at radius 3 is 2.57 bits per heavy atom. The molecule has 21 heavy (non-hydrogen) atoms. The normalized spacial score (nSPS) is 23.2. The average molecular weight is 303 g/mol. The SMILES string of the molecule is S=C(Nc1ccccc1)N1CCC[C@H]1CN1CCCCC1. The van der Waals surface area contributed by atoms with Crippen molar-refractivity contribution in [1.82, 2.24) is 9.80 Å². The molecule has 1 atom stereocenters. The molecule has 0 aliphatic carbocycles. The summed E-state index contributed by atoms with van der Waals surface area (Å²) < 4.78 is 0. The van der Waals surface area contributed by atoms with Crippen LogP contribution in [0.2, 0.25) is 0 Å². The summed E-state index contributed by atoms with van der Waals surface area (Å²) in [6.07, 6.45) is 6.65. The number of nitrogens with zero attached hydrogens (tertiary/aromatic N) is 2. The van der Waals surface area contributed by atoms with Crippen molar-refractivity contribution in [3.8, 4) is 0 Å². The van der Waals surface area contributed by atoms with Gasteiger partial charge in [-0.15, -0.1) is 0 Å². The van der Waals surface area contributed by atoms with E-state index in [4.69, 9.17) is 12.2 Å². The van der Waals surface area contributed by atoms with Gasteiger partial charge in [-0.25, -0.2) is 0 Å². The van der Waals surface area contributed by atoms with Gasteiger partial charge in [-0.2, -0.15) is 0 Å². The van der Waals surface area contributed by atoms with Crippen LogP contribution in [0, 0.1) is 0 Å². The third kappa shape index (κ3) is 3.95. The van der Waals surface area contributed by atoms with Crippen LogP contribution in [0.4, 0.5) is 5.69 Å². The molecule has 0 bridgehead atoms. The molecule has 0 unspecified atom stereocenters. The van der Waals surface area contributed by atoms with Crippen molar-refractivity contribution in [3.63, 3.8) is 0 Å². The summed E-state index contributed by atoms with van der Waals surface area (Å²) in [5.74, 6) is 0. The Morgan fingerprint density at radius 1 is 1.05 bits per heavy atom. The number of hydrogen-bond donors (Lipinski definition) is 1. The third-order valence-corrected chi connectivity index (χ3v) is 4.92. The lowest BCUT2D eigenvalue weighted by Gasteiger charge is -2.34. The van der Waals surface area contributed by atoms with E-state index < -0.39 is 0 Å². The van der Waals surface area contributed by atoms with Crippen LogP contribution in [0.15, 0.2) is 30.3 Å². The minimum absolute atomic E-state index is 0.590. The number of hydrogen-bond acceptors (Lipinski definition) is 2. The van der Waals surface area contributed by atoms with E-state index in [0.717, 1.165) is 17.3 Å². The van der Waals surface area contributed by atoms with Crippen LogP contribution in [0.1, 0.15) is 32.1 Å². The van der Waals surface area contributed by atoms with Gasteiger partial charge < -0.3 is 15.1 Å². The maximum absolute atomic E-state index is 5.64. The zero-order valence-electron chi connectivity index (χ0n) is 12.6. The van der Waals surface area contributed by atoms with Gasteiger partial charge in [-0.05, 0) is 63.1 Å². The molecular formula is C17H25N3S. The van der Waals surface area contributed by atoms with Crippen LogP contribution in [0.3, 0.4) is 0 Å². The lowest BCUT2D eigenvalue weighted by atomic mass is 10.1. The van der Waals surface area contributed by atoms with Gasteiger partial charge in [-0.3, -0.25) is 0 Å². The second kappa shape index (κ2) is 7.23. The van der Waals surface area contributed by atoms with Gasteiger partial charge in [0.25, 0.3) is 0 Å². The van der Waals surface area contributed by atoms with E-state index in [9.17, 15) is 0 Å². The van der Waals surface area contributed by atoms with E-state index in [-0.39, 0.29) is 0 Å². The molecule has 114 valence electrons. The molecule has 2 fully saturated rings. The number of piperidine rings is 1. The predicted octanol–water partition coefficient (Wildman–Crippen LogP) is 3.33. The third-order valence-electron chi connectivity index (χ3n) is 4.58. The predicted molar refractivity (Wildman–Crippen MR) is 92.7 cm³/mol. The first-order valence-electron chi connectivity index (χ1n) is 8.18. The first-order chi connectivity index (χ1) is 10.3. The number of rotatable bonds is 3. The van der Waals surface area contributed by atoms with Crippen LogP contribution < -0.4 is 5.32 Å². The van der Waals surface area contributed by atoms with Crippen LogP contribution in [0.25, 0.3) is 0 Å². The summed E-state index contributed by atoms with van der Waals surface area (Å²) in [6.45, 7) is 4.81. The Labute approximate surface area is 133 Å². The van der Waals surface area contributed by atoms with Gasteiger partial charge in [0, 0.05) is 24.8 Å². The number of anilines is 1. The van der Waals surface area contributed by atoms with Gasteiger partial charge in [0.05, 0.1) is 0 Å². The molecule has 1 N–H and O–H groups in total. The molecule has 0 spiro atoms. The molecule has 2 aliphatic heterocycles. The molecule has 1 aromatic carbocycles. The second-order valence-electron chi connectivity index (χ2n) is 6.15. The molecule has 2 aliphatic rings. The number of thiocarbonyl (C=S) groups is 1. The van der Waals surface area contributed by atoms with E-state index in [1.54, 1.807) is 0 Å². The molecule has 2 saturated heterocycles. The Bertz CT molecular complexity index is 456. The molecule has 0 radical (unpaired) electrons. The Kier molecular flexibility index (Phi) is 5.09. The maximum Gasteiger partial charge on any atom is 0.173 e. The summed E-state index contributed by atoms with van der Waals surface area (Å²) >= 11 is 5.64. The highest BCUT2D eigenvalue weighted by molar-refractivity contribution is 7.80. The molecule has 0 saturated carbocycles. The molecule has 4 heteroatoms. The van der Waals surface area contributed by atoms with Gasteiger partial charge >= 0.3 is 0 Å². The van der Waals surface area contributed by atoms with Crippen LogP contribution in [-0.4, -0.2) is 47.1 Å².